The molecule has 4 atom stereocenters. The molecule has 1 aliphatic rings. The second kappa shape index (κ2) is 10.3. The van der Waals surface area contributed by atoms with Gasteiger partial charge in [0.15, 0.2) is 0 Å². The first-order valence-electron chi connectivity index (χ1n) is 12.5. The van der Waals surface area contributed by atoms with Crippen molar-refractivity contribution in [3.05, 3.63) is 94.5 Å². The number of carbonyl (C=O) groups is 3. The minimum atomic E-state index is -1.64. The molecule has 0 radical (unpaired) electrons. The first kappa shape index (κ1) is 26.3. The van der Waals surface area contributed by atoms with Gasteiger partial charge in [-0.2, -0.15) is 0 Å². The lowest BCUT2D eigenvalue weighted by atomic mass is 9.61. The van der Waals surface area contributed by atoms with Crippen molar-refractivity contribution in [1.29, 1.82) is 0 Å². The van der Waals surface area contributed by atoms with Gasteiger partial charge in [-0.05, 0) is 63.4 Å². The van der Waals surface area contributed by atoms with Gasteiger partial charge < -0.3 is 15.7 Å². The smallest absolute Gasteiger partial charge is 0.235 e. The molecule has 0 saturated heterocycles. The van der Waals surface area contributed by atoms with Crippen LogP contribution in [0.5, 0.6) is 0 Å². The molecule has 4 unspecified atom stereocenters. The molecule has 1 fully saturated rings. The molecule has 1 saturated carbocycles. The second-order valence-electron chi connectivity index (χ2n) is 10.5. The molecule has 6 nitrogen and oxygen atoms in total. The van der Waals surface area contributed by atoms with E-state index in [1.54, 1.807) is 24.3 Å². The summed E-state index contributed by atoms with van der Waals surface area (Å²) in [7, 11) is 0. The molecule has 192 valence electrons. The Morgan fingerprint density at radius 3 is 1.84 bits per heavy atom. The van der Waals surface area contributed by atoms with Crippen LogP contribution in [0.25, 0.3) is 0 Å². The standard InChI is InChI=1S/C31H34N2O4/c1-18-11-13-23(20(3)15-18)32-29(35)27-25(34)17-31(5,37)28(26(27)22-9-7-6-8-10-22)30(36)33-24-14-12-19(2)16-21(24)4/h6-16,26-28,37H,17H2,1-5H3,(H,32,35)(H,33,36). The number of anilines is 2. The number of hydrogen-bond donors (Lipinski definition) is 3. The molecule has 37 heavy (non-hydrogen) atoms. The summed E-state index contributed by atoms with van der Waals surface area (Å²) in [5, 5.41) is 17.3. The zero-order chi connectivity index (χ0) is 26.9. The number of benzene rings is 3. The third kappa shape index (κ3) is 5.49. The number of nitrogens with one attached hydrogen (secondary N) is 2. The average Bonchev–Trinajstić information content (AvgIpc) is 2.82. The third-order valence-electron chi connectivity index (χ3n) is 7.30. The Kier molecular flexibility index (Phi) is 7.32. The summed E-state index contributed by atoms with van der Waals surface area (Å²) in [5.41, 5.74) is 4.15. The Balaban J connectivity index is 1.75. The van der Waals surface area contributed by atoms with Crippen molar-refractivity contribution in [3.8, 4) is 0 Å². The number of aryl methyl sites for hydroxylation is 4. The van der Waals surface area contributed by atoms with E-state index in [0.717, 1.165) is 22.3 Å². The summed E-state index contributed by atoms with van der Waals surface area (Å²) in [6.45, 7) is 9.24. The van der Waals surface area contributed by atoms with E-state index in [4.69, 9.17) is 0 Å². The normalized spacial score (nSPS) is 23.4. The number of amides is 2. The van der Waals surface area contributed by atoms with E-state index in [2.05, 4.69) is 10.6 Å². The van der Waals surface area contributed by atoms with Crippen molar-refractivity contribution in [3.63, 3.8) is 0 Å². The average molecular weight is 499 g/mol. The second-order valence-corrected chi connectivity index (χ2v) is 10.5. The summed E-state index contributed by atoms with van der Waals surface area (Å²) >= 11 is 0. The van der Waals surface area contributed by atoms with E-state index in [9.17, 15) is 19.5 Å². The van der Waals surface area contributed by atoms with Crippen LogP contribution < -0.4 is 10.6 Å². The lowest BCUT2D eigenvalue weighted by Gasteiger charge is -2.44. The van der Waals surface area contributed by atoms with Crippen molar-refractivity contribution in [1.82, 2.24) is 0 Å². The van der Waals surface area contributed by atoms with E-state index < -0.39 is 41.0 Å². The highest BCUT2D eigenvalue weighted by molar-refractivity contribution is 6.10. The molecule has 2 amide bonds. The van der Waals surface area contributed by atoms with Crippen molar-refractivity contribution in [2.24, 2.45) is 11.8 Å². The van der Waals surface area contributed by atoms with Crippen LogP contribution in [0.4, 0.5) is 11.4 Å². The lowest BCUT2D eigenvalue weighted by molar-refractivity contribution is -0.150. The number of Topliss-reactive ketones (excluding diaryl/α,β-unsaturated/α-hetero) is 1. The fourth-order valence-corrected chi connectivity index (χ4v) is 5.50. The van der Waals surface area contributed by atoms with Gasteiger partial charge in [-0.3, -0.25) is 14.4 Å². The zero-order valence-corrected chi connectivity index (χ0v) is 22.0. The Hall–Kier alpha value is -3.77. The molecule has 0 aromatic heterocycles. The largest absolute Gasteiger partial charge is 0.389 e. The molecule has 0 spiro atoms. The van der Waals surface area contributed by atoms with Gasteiger partial charge >= 0.3 is 0 Å². The molecule has 0 heterocycles. The van der Waals surface area contributed by atoms with Crippen LogP contribution in [-0.4, -0.2) is 28.3 Å². The van der Waals surface area contributed by atoms with Gasteiger partial charge in [-0.1, -0.05) is 65.7 Å². The predicted octanol–water partition coefficient (Wildman–Crippen LogP) is 5.24. The molecule has 0 bridgehead atoms. The Bertz CT molecular complexity index is 1350. The van der Waals surface area contributed by atoms with Crippen LogP contribution in [-0.2, 0) is 14.4 Å². The maximum Gasteiger partial charge on any atom is 0.235 e. The topological polar surface area (TPSA) is 95.5 Å². The summed E-state index contributed by atoms with van der Waals surface area (Å²) < 4.78 is 0. The van der Waals surface area contributed by atoms with Gasteiger partial charge in [0.1, 0.15) is 11.7 Å². The van der Waals surface area contributed by atoms with Crippen LogP contribution >= 0.6 is 0 Å². The third-order valence-corrected chi connectivity index (χ3v) is 7.30. The molecule has 3 N–H and O–H groups in total. The summed E-state index contributed by atoms with van der Waals surface area (Å²) in [6.07, 6.45) is -0.299. The summed E-state index contributed by atoms with van der Waals surface area (Å²) in [5.74, 6) is -4.33. The molecular weight excluding hydrogens is 464 g/mol. The maximum atomic E-state index is 13.8. The van der Waals surface area contributed by atoms with E-state index in [1.165, 1.54) is 6.92 Å². The molecule has 3 aromatic rings. The van der Waals surface area contributed by atoms with Crippen LogP contribution in [0.15, 0.2) is 66.7 Å². The quantitative estimate of drug-likeness (QED) is 0.420. The summed E-state index contributed by atoms with van der Waals surface area (Å²) in [4.78, 5) is 40.9. The SMILES string of the molecule is Cc1ccc(NC(=O)C2C(=O)CC(C)(O)C(C(=O)Nc3ccc(C)cc3C)C2c2ccccc2)c(C)c1. The molecule has 3 aromatic carbocycles. The van der Waals surface area contributed by atoms with E-state index in [-0.39, 0.29) is 6.42 Å². The lowest BCUT2D eigenvalue weighted by Crippen LogP contribution is -2.56. The van der Waals surface area contributed by atoms with Gasteiger partial charge in [0, 0.05) is 23.7 Å². The van der Waals surface area contributed by atoms with Gasteiger partial charge in [0.25, 0.3) is 0 Å². The van der Waals surface area contributed by atoms with Gasteiger partial charge in [-0.25, -0.2) is 0 Å². The Morgan fingerprint density at radius 1 is 0.811 bits per heavy atom. The fraction of sp³-hybridized carbons (Fsp3) is 0.323. The van der Waals surface area contributed by atoms with Crippen LogP contribution in [0.1, 0.15) is 47.1 Å². The van der Waals surface area contributed by atoms with E-state index in [0.29, 0.717) is 16.9 Å². The van der Waals surface area contributed by atoms with Crippen LogP contribution in [0.2, 0.25) is 0 Å². The number of aliphatic hydroxyl groups is 1. The molecule has 0 aliphatic heterocycles. The molecule has 6 heteroatoms. The fourth-order valence-electron chi connectivity index (χ4n) is 5.50. The molecular formula is C31H34N2O4. The Morgan fingerprint density at radius 2 is 1.32 bits per heavy atom. The number of rotatable bonds is 5. The first-order valence-corrected chi connectivity index (χ1v) is 12.5. The highest BCUT2D eigenvalue weighted by Crippen LogP contribution is 2.46. The van der Waals surface area contributed by atoms with Gasteiger partial charge in [-0.15, -0.1) is 0 Å². The molecule has 4 rings (SSSR count). The van der Waals surface area contributed by atoms with Crippen LogP contribution in [0, 0.1) is 39.5 Å². The monoisotopic (exact) mass is 498 g/mol. The van der Waals surface area contributed by atoms with Gasteiger partial charge in [0.05, 0.1) is 11.5 Å². The van der Waals surface area contributed by atoms with Crippen molar-refractivity contribution in [2.75, 3.05) is 10.6 Å². The molecule has 1 aliphatic carbocycles. The highest BCUT2D eigenvalue weighted by atomic mass is 16.3. The van der Waals surface area contributed by atoms with E-state index >= 15 is 0 Å². The number of hydrogen-bond acceptors (Lipinski definition) is 4. The minimum Gasteiger partial charge on any atom is -0.389 e. The number of carbonyl (C=O) groups excluding carboxylic acids is 3. The number of ketones is 1. The zero-order valence-electron chi connectivity index (χ0n) is 22.0. The minimum absolute atomic E-state index is 0.299. The van der Waals surface area contributed by atoms with Crippen LogP contribution in [0.3, 0.4) is 0 Å². The van der Waals surface area contributed by atoms with Crippen molar-refractivity contribution >= 4 is 29.0 Å². The van der Waals surface area contributed by atoms with E-state index in [1.807, 2.05) is 70.2 Å². The maximum absolute atomic E-state index is 13.8. The Labute approximate surface area is 218 Å². The first-order chi connectivity index (χ1) is 17.5. The predicted molar refractivity (Wildman–Crippen MR) is 146 cm³/mol. The van der Waals surface area contributed by atoms with Gasteiger partial charge in [0.2, 0.25) is 11.8 Å². The van der Waals surface area contributed by atoms with Crippen molar-refractivity contribution < 1.29 is 19.5 Å². The highest BCUT2D eigenvalue weighted by Gasteiger charge is 2.55. The summed E-state index contributed by atoms with van der Waals surface area (Å²) in [6, 6.07) is 20.4. The van der Waals surface area contributed by atoms with Crippen molar-refractivity contribution in [2.45, 2.75) is 52.6 Å².